The van der Waals surface area contributed by atoms with Gasteiger partial charge in [0.15, 0.2) is 5.96 Å². The molecule has 0 fully saturated rings. The van der Waals surface area contributed by atoms with E-state index < -0.39 is 110 Å². The number of imidazole rings is 1. The molecular weight excluding hydrogens is 745 g/mol. The number of aliphatic carboxylic acids is 2. The van der Waals surface area contributed by atoms with Crippen LogP contribution < -0.4 is 49.1 Å². The maximum atomic E-state index is 13.6. The van der Waals surface area contributed by atoms with E-state index in [-0.39, 0.29) is 43.3 Å². The highest BCUT2D eigenvalue weighted by molar-refractivity contribution is 7.80. The van der Waals surface area contributed by atoms with E-state index >= 15 is 0 Å². The minimum Gasteiger partial charge on any atom is -0.481 e. The molecule has 1 aromatic heterocycles. The maximum absolute atomic E-state index is 13.6. The summed E-state index contributed by atoms with van der Waals surface area (Å²) in [6.45, 7) is -1.60. The fraction of sp³-hybridized carbons (Fsp3) is 0.571. The first kappa shape index (κ1) is 45.9. The summed E-state index contributed by atoms with van der Waals surface area (Å²) < 4.78 is 0. The fourth-order valence-electron chi connectivity index (χ4n) is 4.23. The summed E-state index contributed by atoms with van der Waals surface area (Å²) in [6, 6.07) is -8.34. The van der Waals surface area contributed by atoms with Gasteiger partial charge in [-0.05, 0) is 19.3 Å². The van der Waals surface area contributed by atoms with Crippen LogP contribution in [0, 0.1) is 0 Å². The van der Waals surface area contributed by atoms with Crippen molar-refractivity contribution in [2.24, 2.45) is 22.2 Å². The van der Waals surface area contributed by atoms with Crippen molar-refractivity contribution < 1.29 is 53.7 Å². The number of guanidine groups is 1. The van der Waals surface area contributed by atoms with Crippen molar-refractivity contribution in [3.05, 3.63) is 18.2 Å². The zero-order valence-electron chi connectivity index (χ0n) is 28.3. The second-order valence-corrected chi connectivity index (χ2v) is 12.0. The normalized spacial score (nSPS) is 14.1. The molecule has 6 unspecified atom stereocenters. The first-order chi connectivity index (χ1) is 25.0. The highest BCUT2D eigenvalue weighted by atomic mass is 32.1. The van der Waals surface area contributed by atoms with Crippen LogP contribution in [-0.4, -0.2) is 146 Å². The van der Waals surface area contributed by atoms with E-state index in [0.717, 1.165) is 0 Å². The van der Waals surface area contributed by atoms with Gasteiger partial charge in [-0.15, -0.1) is 0 Å². The van der Waals surface area contributed by atoms with Crippen LogP contribution in [0.4, 0.5) is 0 Å². The Kier molecular flexibility index (Phi) is 20.9. The maximum Gasteiger partial charge on any atom is 0.327 e. The van der Waals surface area contributed by atoms with Gasteiger partial charge in [0.2, 0.25) is 35.4 Å². The minimum atomic E-state index is -1.52. The number of aliphatic hydroxyl groups is 1. The molecule has 1 heterocycles. The number of nitrogens with zero attached hydrogens (tertiary/aromatic N) is 2. The highest BCUT2D eigenvalue weighted by Crippen LogP contribution is 2.05. The molecule has 0 radical (unpaired) electrons. The number of carbonyl (C=O) groups excluding carboxylic acids is 6. The molecule has 296 valence electrons. The van der Waals surface area contributed by atoms with E-state index in [2.05, 4.69) is 72.1 Å². The van der Waals surface area contributed by atoms with Gasteiger partial charge in [0.1, 0.15) is 30.2 Å². The second kappa shape index (κ2) is 24.2. The molecule has 0 spiro atoms. The molecule has 25 heteroatoms. The predicted molar refractivity (Wildman–Crippen MR) is 192 cm³/mol. The quantitative estimate of drug-likeness (QED) is 0.0190. The van der Waals surface area contributed by atoms with Gasteiger partial charge in [-0.1, -0.05) is 0 Å². The Hall–Kier alpha value is -5.14. The molecule has 23 nitrogen and oxygen atoms in total. The van der Waals surface area contributed by atoms with Gasteiger partial charge in [0.05, 0.1) is 25.5 Å². The number of aliphatic hydroxyl groups excluding tert-OH is 1. The zero-order valence-corrected chi connectivity index (χ0v) is 30.1. The number of nitrogens with one attached hydrogen (secondary N) is 7. The Morgan fingerprint density at radius 2 is 1.38 bits per heavy atom. The molecule has 0 aliphatic heterocycles. The summed E-state index contributed by atoms with van der Waals surface area (Å²) in [7, 11) is 0. The number of hydrogen-bond donors (Lipinski definition) is 15. The predicted octanol–water partition coefficient (Wildman–Crippen LogP) is -6.33. The van der Waals surface area contributed by atoms with Crippen LogP contribution in [0.25, 0.3) is 0 Å². The Morgan fingerprint density at radius 1 is 0.792 bits per heavy atom. The molecule has 6 atom stereocenters. The van der Waals surface area contributed by atoms with Crippen LogP contribution in [0.1, 0.15) is 31.4 Å². The number of nitrogens with two attached hydrogens (primary N) is 3. The zero-order chi connectivity index (χ0) is 40.1. The van der Waals surface area contributed by atoms with Crippen LogP contribution in [-0.2, 0) is 44.8 Å². The van der Waals surface area contributed by atoms with Crippen molar-refractivity contribution in [2.45, 2.75) is 68.4 Å². The first-order valence-electron chi connectivity index (χ1n) is 15.9. The lowest BCUT2D eigenvalue weighted by Crippen LogP contribution is -2.59. The number of rotatable bonds is 25. The molecule has 0 bridgehead atoms. The molecule has 1 rings (SSSR count). The van der Waals surface area contributed by atoms with E-state index in [4.69, 9.17) is 22.3 Å². The molecule has 53 heavy (non-hydrogen) atoms. The van der Waals surface area contributed by atoms with Crippen LogP contribution in [0.15, 0.2) is 17.5 Å². The molecule has 6 amide bonds. The van der Waals surface area contributed by atoms with Gasteiger partial charge < -0.3 is 69.4 Å². The van der Waals surface area contributed by atoms with Crippen LogP contribution >= 0.6 is 25.3 Å². The molecule has 0 aliphatic rings. The number of carboxylic acid groups (broad SMARTS) is 2. The smallest absolute Gasteiger partial charge is 0.327 e. The SMILES string of the molecule is NC(N)=NCCCC(NC(=O)C(Cc1cnc[nH]1)NC(=O)C(CO)NC(=O)C(N)CS)C(=O)NCC(=O)NC(CCC(=O)O)C(=O)NC(CS)C(=O)O. The summed E-state index contributed by atoms with van der Waals surface area (Å²) in [4.78, 5) is 111. The second-order valence-electron chi connectivity index (χ2n) is 11.2. The number of H-pyrrole nitrogens is 1. The molecule has 1 aromatic rings. The van der Waals surface area contributed by atoms with Crippen molar-refractivity contribution in [2.75, 3.05) is 31.2 Å². The van der Waals surface area contributed by atoms with Crippen LogP contribution in [0.5, 0.6) is 0 Å². The standard InChI is InChI=1S/C28H46N12O11S2/c29-14(10-52)22(45)39-18(9-41)26(49)38-17(6-13-7-32-12-35-13)25(48)37-15(2-1-5-33-28(30)31)23(46)34-8-20(42)36-16(3-4-21(43)44)24(47)40-19(11-53)27(50)51/h7,12,14-19,41,52-53H,1-6,8-11,29H2,(H,32,35)(H,34,46)(H,36,42)(H,37,48)(H,38,49)(H,39,45)(H,40,47)(H,43,44)(H,50,51)(H4,30,31,33). The van der Waals surface area contributed by atoms with Gasteiger partial charge in [-0.25, -0.2) is 9.78 Å². The van der Waals surface area contributed by atoms with Gasteiger partial charge in [-0.2, -0.15) is 25.3 Å². The summed E-state index contributed by atoms with van der Waals surface area (Å²) in [5.74, 6) is -8.86. The minimum absolute atomic E-state index is 0.0348. The third kappa shape index (κ3) is 17.8. The van der Waals surface area contributed by atoms with Gasteiger partial charge in [0.25, 0.3) is 0 Å². The summed E-state index contributed by atoms with van der Waals surface area (Å²) in [5, 5.41) is 41.9. The third-order valence-electron chi connectivity index (χ3n) is 7.06. The third-order valence-corrected chi connectivity index (χ3v) is 7.82. The van der Waals surface area contributed by atoms with Crippen molar-refractivity contribution >= 4 is 78.6 Å². The van der Waals surface area contributed by atoms with Gasteiger partial charge in [0, 0.05) is 42.8 Å². The number of carbonyl (C=O) groups is 8. The van der Waals surface area contributed by atoms with Crippen molar-refractivity contribution in [1.82, 2.24) is 41.9 Å². The van der Waals surface area contributed by atoms with E-state index in [9.17, 15) is 48.6 Å². The van der Waals surface area contributed by atoms with E-state index in [1.54, 1.807) is 0 Å². The lowest BCUT2D eigenvalue weighted by molar-refractivity contribution is -0.142. The van der Waals surface area contributed by atoms with Crippen LogP contribution in [0.2, 0.25) is 0 Å². The Morgan fingerprint density at radius 3 is 1.92 bits per heavy atom. The van der Waals surface area contributed by atoms with Crippen molar-refractivity contribution in [3.8, 4) is 0 Å². The highest BCUT2D eigenvalue weighted by Gasteiger charge is 2.31. The van der Waals surface area contributed by atoms with Crippen LogP contribution in [0.3, 0.4) is 0 Å². The van der Waals surface area contributed by atoms with E-state index in [1.165, 1.54) is 12.5 Å². The molecule has 0 saturated carbocycles. The summed E-state index contributed by atoms with van der Waals surface area (Å²) in [6.07, 6.45) is 1.53. The molecule has 0 aromatic carbocycles. The Bertz CT molecular complexity index is 1450. The molecule has 0 saturated heterocycles. The van der Waals surface area contributed by atoms with Gasteiger partial charge >= 0.3 is 11.9 Å². The molecule has 0 aliphatic carbocycles. The van der Waals surface area contributed by atoms with Crippen molar-refractivity contribution in [3.63, 3.8) is 0 Å². The summed E-state index contributed by atoms with van der Waals surface area (Å²) >= 11 is 7.77. The Balaban J connectivity index is 3.17. The fourth-order valence-corrected chi connectivity index (χ4v) is 4.64. The topological polar surface area (TPSA) is 389 Å². The van der Waals surface area contributed by atoms with E-state index in [0.29, 0.717) is 5.69 Å². The van der Waals surface area contributed by atoms with Crippen molar-refractivity contribution in [1.29, 1.82) is 0 Å². The van der Waals surface area contributed by atoms with E-state index in [1.807, 2.05) is 0 Å². The first-order valence-corrected chi connectivity index (χ1v) is 17.1. The van der Waals surface area contributed by atoms with Gasteiger partial charge in [-0.3, -0.25) is 38.6 Å². The average molecular weight is 791 g/mol. The lowest BCUT2D eigenvalue weighted by Gasteiger charge is -2.25. The lowest BCUT2D eigenvalue weighted by atomic mass is 10.1. The number of thiol groups is 2. The summed E-state index contributed by atoms with van der Waals surface area (Å²) in [5.41, 5.74) is 16.7. The number of amides is 6. The number of carboxylic acids is 2. The largest absolute Gasteiger partial charge is 0.481 e. The number of hydrogen-bond acceptors (Lipinski definition) is 14. The number of aromatic nitrogens is 2. The number of aliphatic imine (C=N–C) groups is 1. The average Bonchev–Trinajstić information content (AvgIpc) is 3.63. The Labute approximate surface area is 313 Å². The number of aromatic amines is 1. The molecular formula is C28H46N12O11S2. The molecule has 16 N–H and O–H groups in total. The monoisotopic (exact) mass is 790 g/mol.